The summed E-state index contributed by atoms with van der Waals surface area (Å²) < 4.78 is 10.7. The molecule has 1 aromatic carbocycles. The molecule has 1 heterocycles. The van der Waals surface area contributed by atoms with Gasteiger partial charge in [-0.15, -0.1) is 0 Å². The zero-order valence-electron chi connectivity index (χ0n) is 13.5. The van der Waals surface area contributed by atoms with Crippen molar-refractivity contribution in [3.63, 3.8) is 0 Å². The fraction of sp³-hybridized carbons (Fsp3) is 0.529. The first kappa shape index (κ1) is 15.6. The van der Waals surface area contributed by atoms with Gasteiger partial charge in [0.2, 0.25) is 11.8 Å². The molecule has 0 radical (unpaired) electrons. The Labute approximate surface area is 135 Å². The van der Waals surface area contributed by atoms with Gasteiger partial charge < -0.3 is 20.1 Å². The molecule has 1 aliphatic heterocycles. The third kappa shape index (κ3) is 3.25. The fourth-order valence-corrected chi connectivity index (χ4v) is 3.32. The summed E-state index contributed by atoms with van der Waals surface area (Å²) in [6, 6.07) is 3.72. The third-order valence-electron chi connectivity index (χ3n) is 4.59. The van der Waals surface area contributed by atoms with Gasteiger partial charge in [0.05, 0.1) is 14.2 Å². The third-order valence-corrected chi connectivity index (χ3v) is 4.59. The van der Waals surface area contributed by atoms with Crippen molar-refractivity contribution in [3.05, 3.63) is 23.3 Å². The highest BCUT2D eigenvalue weighted by molar-refractivity contribution is 5.90. The summed E-state index contributed by atoms with van der Waals surface area (Å²) in [5, 5.41) is 5.77. The van der Waals surface area contributed by atoms with Crippen molar-refractivity contribution in [3.8, 4) is 11.5 Å². The van der Waals surface area contributed by atoms with Gasteiger partial charge >= 0.3 is 0 Å². The van der Waals surface area contributed by atoms with Crippen LogP contribution in [0.15, 0.2) is 12.1 Å². The first-order valence-corrected chi connectivity index (χ1v) is 7.94. The minimum atomic E-state index is -0.380. The molecule has 3 rings (SSSR count). The summed E-state index contributed by atoms with van der Waals surface area (Å²) in [5.74, 6) is 1.32. The van der Waals surface area contributed by atoms with E-state index < -0.39 is 0 Å². The number of hydrogen-bond acceptors (Lipinski definition) is 4. The number of nitrogens with one attached hydrogen (secondary N) is 2. The van der Waals surface area contributed by atoms with E-state index in [4.69, 9.17) is 9.47 Å². The molecule has 1 aromatic rings. The van der Waals surface area contributed by atoms with Crippen molar-refractivity contribution in [2.24, 2.45) is 0 Å². The highest BCUT2D eigenvalue weighted by atomic mass is 16.5. The number of carbonyl (C=O) groups excluding carboxylic acids is 2. The summed E-state index contributed by atoms with van der Waals surface area (Å²) in [6.07, 6.45) is 3.55. The summed E-state index contributed by atoms with van der Waals surface area (Å²) in [4.78, 5) is 23.5. The number of fused-ring (bicyclic) bond motifs is 1. The van der Waals surface area contributed by atoms with Crippen molar-refractivity contribution in [1.82, 2.24) is 10.6 Å². The van der Waals surface area contributed by atoms with Crippen LogP contribution in [0.3, 0.4) is 0 Å². The minimum Gasteiger partial charge on any atom is -0.493 e. The van der Waals surface area contributed by atoms with Gasteiger partial charge in [-0.05, 0) is 48.9 Å². The highest BCUT2D eigenvalue weighted by Crippen LogP contribution is 2.34. The summed E-state index contributed by atoms with van der Waals surface area (Å²) in [6.45, 7) is 0. The molecule has 0 bridgehead atoms. The van der Waals surface area contributed by atoms with E-state index in [1.807, 2.05) is 12.1 Å². The van der Waals surface area contributed by atoms with E-state index in [9.17, 15) is 9.59 Å². The Hall–Kier alpha value is -2.24. The van der Waals surface area contributed by atoms with Gasteiger partial charge in [0.25, 0.3) is 0 Å². The lowest BCUT2D eigenvalue weighted by Gasteiger charge is -2.27. The molecule has 0 spiro atoms. The Morgan fingerprint density at radius 2 is 1.83 bits per heavy atom. The zero-order valence-corrected chi connectivity index (χ0v) is 13.5. The number of rotatable bonds is 4. The normalized spacial score (nSPS) is 23.0. The Balaban J connectivity index is 1.67. The lowest BCUT2D eigenvalue weighted by molar-refractivity contribution is -0.126. The second kappa shape index (κ2) is 6.48. The summed E-state index contributed by atoms with van der Waals surface area (Å²) >= 11 is 0. The van der Waals surface area contributed by atoms with Gasteiger partial charge in [-0.2, -0.15) is 0 Å². The molecule has 1 fully saturated rings. The van der Waals surface area contributed by atoms with Gasteiger partial charge in [0.1, 0.15) is 6.04 Å². The number of carbonyl (C=O) groups is 2. The lowest BCUT2D eigenvalue weighted by atomic mass is 9.87. The van der Waals surface area contributed by atoms with Crippen molar-refractivity contribution < 1.29 is 19.1 Å². The first-order chi connectivity index (χ1) is 11.1. The average molecular weight is 318 g/mol. The molecular weight excluding hydrogens is 296 g/mol. The molecule has 124 valence electrons. The van der Waals surface area contributed by atoms with E-state index in [-0.39, 0.29) is 23.9 Å². The van der Waals surface area contributed by atoms with Crippen LogP contribution < -0.4 is 20.1 Å². The van der Waals surface area contributed by atoms with E-state index in [1.54, 1.807) is 14.2 Å². The van der Waals surface area contributed by atoms with Crippen LogP contribution in [0.25, 0.3) is 0 Å². The van der Waals surface area contributed by atoms with Gasteiger partial charge in [0.15, 0.2) is 11.5 Å². The molecule has 1 saturated heterocycles. The predicted octanol–water partition coefficient (Wildman–Crippen LogP) is 0.956. The van der Waals surface area contributed by atoms with E-state index in [0.29, 0.717) is 18.6 Å². The van der Waals surface area contributed by atoms with Crippen LogP contribution in [0.5, 0.6) is 11.5 Å². The molecule has 0 aromatic heterocycles. The number of benzene rings is 1. The topological polar surface area (TPSA) is 76.7 Å². The minimum absolute atomic E-state index is 0.0454. The SMILES string of the molecule is COc1cc2c(cc1OC)CC(NC(=O)[C@@H]1CCC(=O)N1)CC2. The molecule has 0 saturated carbocycles. The van der Waals surface area contributed by atoms with Crippen molar-refractivity contribution in [2.75, 3.05) is 14.2 Å². The van der Waals surface area contributed by atoms with Crippen LogP contribution in [0, 0.1) is 0 Å². The van der Waals surface area contributed by atoms with Gasteiger partial charge in [-0.25, -0.2) is 0 Å². The van der Waals surface area contributed by atoms with E-state index >= 15 is 0 Å². The number of methoxy groups -OCH3 is 2. The number of aryl methyl sites for hydroxylation is 1. The Morgan fingerprint density at radius 1 is 1.13 bits per heavy atom. The Bertz CT molecular complexity index is 629. The standard InChI is InChI=1S/C17H22N2O4/c1-22-14-8-10-3-4-12(7-11(10)9-15(14)23-2)18-17(21)13-5-6-16(20)19-13/h8-9,12-13H,3-7H2,1-2H3,(H,18,21)(H,19,20)/t12?,13-/m0/s1. The second-order valence-electron chi connectivity index (χ2n) is 6.08. The van der Waals surface area contributed by atoms with Crippen molar-refractivity contribution >= 4 is 11.8 Å². The average Bonchev–Trinajstić information content (AvgIpc) is 3.00. The molecular formula is C17H22N2O4. The van der Waals surface area contributed by atoms with Crippen molar-refractivity contribution in [1.29, 1.82) is 0 Å². The lowest BCUT2D eigenvalue weighted by Crippen LogP contribution is -2.47. The molecule has 2 N–H and O–H groups in total. The van der Waals surface area contributed by atoms with E-state index in [0.717, 1.165) is 25.0 Å². The predicted molar refractivity (Wildman–Crippen MR) is 84.7 cm³/mol. The smallest absolute Gasteiger partial charge is 0.242 e. The van der Waals surface area contributed by atoms with Crippen LogP contribution in [0.1, 0.15) is 30.4 Å². The number of ether oxygens (including phenoxy) is 2. The zero-order chi connectivity index (χ0) is 16.4. The molecule has 2 atom stereocenters. The highest BCUT2D eigenvalue weighted by Gasteiger charge is 2.30. The molecule has 2 aliphatic rings. The maximum atomic E-state index is 12.2. The molecule has 1 aliphatic carbocycles. The number of hydrogen-bond donors (Lipinski definition) is 2. The Morgan fingerprint density at radius 3 is 2.43 bits per heavy atom. The molecule has 23 heavy (non-hydrogen) atoms. The summed E-state index contributed by atoms with van der Waals surface area (Å²) in [5.41, 5.74) is 2.41. The van der Waals surface area contributed by atoms with Crippen LogP contribution in [0.2, 0.25) is 0 Å². The van der Waals surface area contributed by atoms with Gasteiger partial charge in [-0.3, -0.25) is 9.59 Å². The molecule has 6 heteroatoms. The first-order valence-electron chi connectivity index (χ1n) is 7.94. The quantitative estimate of drug-likeness (QED) is 0.867. The maximum absolute atomic E-state index is 12.2. The fourth-order valence-electron chi connectivity index (χ4n) is 3.32. The molecule has 2 amide bonds. The van der Waals surface area contributed by atoms with Crippen LogP contribution in [-0.4, -0.2) is 38.1 Å². The van der Waals surface area contributed by atoms with Crippen LogP contribution >= 0.6 is 0 Å². The van der Waals surface area contributed by atoms with Gasteiger partial charge in [0, 0.05) is 12.5 Å². The molecule has 6 nitrogen and oxygen atoms in total. The Kier molecular flexibility index (Phi) is 4.41. The van der Waals surface area contributed by atoms with Crippen LogP contribution in [-0.2, 0) is 22.4 Å². The maximum Gasteiger partial charge on any atom is 0.242 e. The monoisotopic (exact) mass is 318 g/mol. The summed E-state index contributed by atoms with van der Waals surface area (Å²) in [7, 11) is 3.25. The second-order valence-corrected chi connectivity index (χ2v) is 6.08. The van der Waals surface area contributed by atoms with E-state index in [1.165, 1.54) is 11.1 Å². The number of amides is 2. The largest absolute Gasteiger partial charge is 0.493 e. The van der Waals surface area contributed by atoms with Gasteiger partial charge in [-0.1, -0.05) is 0 Å². The van der Waals surface area contributed by atoms with Crippen LogP contribution in [0.4, 0.5) is 0 Å². The van der Waals surface area contributed by atoms with E-state index in [2.05, 4.69) is 10.6 Å². The molecule has 1 unspecified atom stereocenters. The van der Waals surface area contributed by atoms with Crippen molar-refractivity contribution in [2.45, 2.75) is 44.2 Å².